The van der Waals surface area contributed by atoms with Gasteiger partial charge in [-0.1, -0.05) is 18.2 Å². The highest BCUT2D eigenvalue weighted by atomic mass is 16.4. The van der Waals surface area contributed by atoms with Gasteiger partial charge in [-0.25, -0.2) is 0 Å². The Morgan fingerprint density at radius 1 is 1.20 bits per heavy atom. The topological polar surface area (TPSA) is 70.5 Å². The lowest BCUT2D eigenvalue weighted by Crippen LogP contribution is -2.40. The van der Waals surface area contributed by atoms with E-state index in [0.717, 1.165) is 35.9 Å². The minimum absolute atomic E-state index is 0.168. The number of hydrogen-bond donors (Lipinski definition) is 1. The Bertz CT molecular complexity index is 754. The van der Waals surface area contributed by atoms with Crippen LogP contribution in [0.25, 0.3) is 10.9 Å². The molecule has 1 aliphatic rings. The molecule has 1 saturated heterocycles. The van der Waals surface area contributed by atoms with E-state index in [4.69, 9.17) is 5.11 Å². The molecule has 0 spiro atoms. The Balaban J connectivity index is 1.57. The molecule has 5 nitrogen and oxygen atoms in total. The number of carbonyl (C=O) groups is 2. The van der Waals surface area contributed by atoms with Gasteiger partial charge in [0.2, 0.25) is 5.91 Å². The third-order valence-corrected chi connectivity index (χ3v) is 4.99. The first-order valence-electron chi connectivity index (χ1n) is 8.95. The predicted molar refractivity (Wildman–Crippen MR) is 96.2 cm³/mol. The lowest BCUT2D eigenvalue weighted by Gasteiger charge is -2.32. The highest BCUT2D eigenvalue weighted by molar-refractivity contribution is 5.83. The lowest BCUT2D eigenvalue weighted by molar-refractivity contribution is -0.137. The number of aliphatic carboxylic acids is 1. The number of aryl methyl sites for hydroxylation is 1. The fourth-order valence-corrected chi connectivity index (χ4v) is 3.63. The number of hydrogen-bond acceptors (Lipinski definition) is 3. The van der Waals surface area contributed by atoms with Crippen molar-refractivity contribution in [3.8, 4) is 0 Å². The number of amides is 1. The number of carboxylic acid groups (broad SMARTS) is 1. The quantitative estimate of drug-likeness (QED) is 0.876. The van der Waals surface area contributed by atoms with E-state index in [1.54, 1.807) is 6.20 Å². The van der Waals surface area contributed by atoms with Crippen molar-refractivity contribution in [2.45, 2.75) is 38.5 Å². The number of aromatic nitrogens is 1. The molecule has 1 N–H and O–H groups in total. The summed E-state index contributed by atoms with van der Waals surface area (Å²) in [5.41, 5.74) is 2.11. The van der Waals surface area contributed by atoms with E-state index in [-0.39, 0.29) is 12.3 Å². The van der Waals surface area contributed by atoms with Crippen LogP contribution in [-0.4, -0.2) is 40.0 Å². The average molecular weight is 340 g/mol. The summed E-state index contributed by atoms with van der Waals surface area (Å²) in [5, 5.41) is 9.94. The lowest BCUT2D eigenvalue weighted by atomic mass is 9.93. The summed E-state index contributed by atoms with van der Waals surface area (Å²) in [6, 6.07) is 9.98. The third-order valence-electron chi connectivity index (χ3n) is 4.99. The van der Waals surface area contributed by atoms with Crippen molar-refractivity contribution in [1.82, 2.24) is 9.88 Å². The van der Waals surface area contributed by atoms with Gasteiger partial charge >= 0.3 is 5.97 Å². The highest BCUT2D eigenvalue weighted by Gasteiger charge is 2.23. The van der Waals surface area contributed by atoms with Crippen LogP contribution in [0.4, 0.5) is 0 Å². The fraction of sp³-hybridized carbons (Fsp3) is 0.450. The van der Waals surface area contributed by atoms with Crippen molar-refractivity contribution in [3.05, 3.63) is 42.1 Å². The molecule has 132 valence electrons. The van der Waals surface area contributed by atoms with E-state index >= 15 is 0 Å². The summed E-state index contributed by atoms with van der Waals surface area (Å²) in [4.78, 5) is 29.6. The Hall–Kier alpha value is -2.43. The first-order valence-corrected chi connectivity index (χ1v) is 8.95. The molecule has 3 rings (SSSR count). The van der Waals surface area contributed by atoms with Crippen LogP contribution in [0.1, 0.15) is 37.7 Å². The van der Waals surface area contributed by atoms with E-state index in [1.165, 1.54) is 0 Å². The first kappa shape index (κ1) is 17.4. The maximum Gasteiger partial charge on any atom is 0.303 e. The number of pyridine rings is 1. The molecule has 0 saturated carbocycles. The zero-order chi connectivity index (χ0) is 17.6. The average Bonchev–Trinajstić information content (AvgIpc) is 2.64. The van der Waals surface area contributed by atoms with Crippen LogP contribution in [0, 0.1) is 5.92 Å². The minimum Gasteiger partial charge on any atom is -0.481 e. The molecule has 1 amide bonds. The molecule has 1 aromatic carbocycles. The minimum atomic E-state index is -0.756. The number of fused-ring (bicyclic) bond motifs is 1. The largest absolute Gasteiger partial charge is 0.481 e. The number of rotatable bonds is 6. The molecule has 1 unspecified atom stereocenters. The number of carboxylic acids is 1. The van der Waals surface area contributed by atoms with Gasteiger partial charge in [0, 0.05) is 37.5 Å². The fourth-order valence-electron chi connectivity index (χ4n) is 3.63. The molecule has 1 fully saturated rings. The Morgan fingerprint density at radius 2 is 2.04 bits per heavy atom. The monoisotopic (exact) mass is 340 g/mol. The van der Waals surface area contributed by atoms with Crippen LogP contribution in [-0.2, 0) is 16.0 Å². The molecule has 1 atom stereocenters. The zero-order valence-electron chi connectivity index (χ0n) is 14.4. The van der Waals surface area contributed by atoms with E-state index in [0.29, 0.717) is 31.7 Å². The Kier molecular flexibility index (Phi) is 5.64. The Labute approximate surface area is 147 Å². The number of carbonyl (C=O) groups excluding carboxylic acids is 1. The van der Waals surface area contributed by atoms with E-state index < -0.39 is 5.97 Å². The molecule has 25 heavy (non-hydrogen) atoms. The summed E-state index contributed by atoms with van der Waals surface area (Å²) in [6.07, 6.45) is 5.83. The second-order valence-corrected chi connectivity index (χ2v) is 6.77. The van der Waals surface area contributed by atoms with Gasteiger partial charge in [0.05, 0.1) is 5.52 Å². The number of para-hydroxylation sites is 1. The summed E-state index contributed by atoms with van der Waals surface area (Å²) in [7, 11) is 0. The molecule has 0 bridgehead atoms. The highest BCUT2D eigenvalue weighted by Crippen LogP contribution is 2.23. The molecule has 1 aliphatic heterocycles. The van der Waals surface area contributed by atoms with Gasteiger partial charge < -0.3 is 10.0 Å². The third kappa shape index (κ3) is 4.56. The number of benzene rings is 1. The van der Waals surface area contributed by atoms with Crippen molar-refractivity contribution in [2.75, 3.05) is 13.1 Å². The molecule has 0 radical (unpaired) electrons. The molecule has 1 aromatic heterocycles. The van der Waals surface area contributed by atoms with Crippen LogP contribution in [0.15, 0.2) is 36.5 Å². The summed E-state index contributed by atoms with van der Waals surface area (Å²) < 4.78 is 0. The molecular formula is C20H24N2O3. The van der Waals surface area contributed by atoms with Gasteiger partial charge in [-0.3, -0.25) is 14.6 Å². The van der Waals surface area contributed by atoms with Crippen molar-refractivity contribution in [2.24, 2.45) is 5.92 Å². The predicted octanol–water partition coefficient (Wildman–Crippen LogP) is 3.27. The van der Waals surface area contributed by atoms with Crippen molar-refractivity contribution >= 4 is 22.8 Å². The summed E-state index contributed by atoms with van der Waals surface area (Å²) in [6.45, 7) is 1.49. The van der Waals surface area contributed by atoms with Gasteiger partial charge in [-0.2, -0.15) is 0 Å². The SMILES string of the molecule is O=C(O)CCC1CCCN(C(=O)CCc2ccnc3ccccc23)C1. The molecule has 2 aromatic rings. The Morgan fingerprint density at radius 3 is 2.88 bits per heavy atom. The van der Waals surface area contributed by atoms with Gasteiger partial charge in [0.15, 0.2) is 0 Å². The van der Waals surface area contributed by atoms with Crippen LogP contribution >= 0.6 is 0 Å². The van der Waals surface area contributed by atoms with Crippen LogP contribution in [0.3, 0.4) is 0 Å². The van der Waals surface area contributed by atoms with Crippen LogP contribution in [0.2, 0.25) is 0 Å². The van der Waals surface area contributed by atoms with Crippen LogP contribution < -0.4 is 0 Å². The van der Waals surface area contributed by atoms with E-state index in [2.05, 4.69) is 4.98 Å². The molecule has 2 heterocycles. The molecular weight excluding hydrogens is 316 g/mol. The second kappa shape index (κ2) is 8.10. The van der Waals surface area contributed by atoms with E-state index in [1.807, 2.05) is 35.2 Å². The van der Waals surface area contributed by atoms with Gasteiger partial charge in [0.25, 0.3) is 0 Å². The maximum absolute atomic E-state index is 12.6. The van der Waals surface area contributed by atoms with Gasteiger partial charge in [-0.15, -0.1) is 0 Å². The standard InChI is InChI=1S/C20H24N2O3/c23-19(22-13-3-4-15(14-22)7-10-20(24)25)9-8-16-11-12-21-18-6-2-1-5-17(16)18/h1-2,5-6,11-12,15H,3-4,7-10,13-14H2,(H,24,25). The summed E-state index contributed by atoms with van der Waals surface area (Å²) in [5.74, 6) is -0.274. The van der Waals surface area contributed by atoms with Crippen molar-refractivity contribution < 1.29 is 14.7 Å². The number of piperidine rings is 1. The first-order chi connectivity index (χ1) is 12.1. The normalized spacial score (nSPS) is 17.6. The van der Waals surface area contributed by atoms with Crippen LogP contribution in [0.5, 0.6) is 0 Å². The number of nitrogens with zero attached hydrogens (tertiary/aromatic N) is 2. The number of likely N-dealkylation sites (tertiary alicyclic amines) is 1. The molecule has 5 heteroatoms. The zero-order valence-corrected chi connectivity index (χ0v) is 14.4. The van der Waals surface area contributed by atoms with Crippen molar-refractivity contribution in [1.29, 1.82) is 0 Å². The van der Waals surface area contributed by atoms with E-state index in [9.17, 15) is 9.59 Å². The van der Waals surface area contributed by atoms with Gasteiger partial charge in [-0.05, 0) is 49.3 Å². The van der Waals surface area contributed by atoms with Gasteiger partial charge in [0.1, 0.15) is 0 Å². The maximum atomic E-state index is 12.6. The smallest absolute Gasteiger partial charge is 0.303 e. The van der Waals surface area contributed by atoms with Crippen molar-refractivity contribution in [3.63, 3.8) is 0 Å². The summed E-state index contributed by atoms with van der Waals surface area (Å²) >= 11 is 0. The second-order valence-electron chi connectivity index (χ2n) is 6.77. The molecule has 0 aliphatic carbocycles.